The van der Waals surface area contributed by atoms with Gasteiger partial charge in [0.2, 0.25) is 5.91 Å². The smallest absolute Gasteiger partial charge is 0.248 e. The van der Waals surface area contributed by atoms with Crippen molar-refractivity contribution in [1.82, 2.24) is 16.2 Å². The van der Waals surface area contributed by atoms with Crippen LogP contribution in [-0.2, 0) is 4.79 Å². The van der Waals surface area contributed by atoms with Gasteiger partial charge in [-0.1, -0.05) is 12.8 Å². The minimum atomic E-state index is -0.114. The normalized spacial score (nSPS) is 14.4. The predicted octanol–water partition coefficient (Wildman–Crippen LogP) is 2.23. The maximum absolute atomic E-state index is 11.8. The Hall–Kier alpha value is -1.47. The second kappa shape index (κ2) is 8.85. The monoisotopic (exact) mass is 339 g/mol. The van der Waals surface area contributed by atoms with Crippen LogP contribution in [-0.4, -0.2) is 29.9 Å². The molecule has 0 atom stereocenters. The molecule has 1 fully saturated rings. The van der Waals surface area contributed by atoms with E-state index in [1.165, 1.54) is 24.6 Å². The highest BCUT2D eigenvalue weighted by atomic mass is 32.2. The van der Waals surface area contributed by atoms with Crippen molar-refractivity contribution < 1.29 is 9.53 Å². The summed E-state index contributed by atoms with van der Waals surface area (Å²) in [6, 6.07) is 8.04. The molecule has 1 saturated carbocycles. The van der Waals surface area contributed by atoms with E-state index >= 15 is 0 Å². The van der Waals surface area contributed by atoms with Crippen LogP contribution in [0.15, 0.2) is 29.2 Å². The molecule has 120 valence electrons. The number of hydrazine groups is 1. The number of thiocarbonyl (C=S) groups is 1. The molecular formula is C15H21N3O2S2. The van der Waals surface area contributed by atoms with Crippen molar-refractivity contribution in [3.63, 3.8) is 0 Å². The van der Waals surface area contributed by atoms with E-state index in [0.29, 0.717) is 16.9 Å². The number of hydrogen-bond acceptors (Lipinski definition) is 4. The van der Waals surface area contributed by atoms with Crippen LogP contribution in [0.1, 0.15) is 25.7 Å². The lowest BCUT2D eigenvalue weighted by molar-refractivity contribution is -0.119. The number of hydrogen-bond donors (Lipinski definition) is 3. The zero-order valence-corrected chi connectivity index (χ0v) is 14.2. The molecule has 3 N–H and O–H groups in total. The van der Waals surface area contributed by atoms with Crippen molar-refractivity contribution in [2.75, 3.05) is 12.9 Å². The zero-order valence-electron chi connectivity index (χ0n) is 12.6. The number of ether oxygens (including phenoxy) is 1. The van der Waals surface area contributed by atoms with Crippen LogP contribution < -0.4 is 20.9 Å². The summed E-state index contributed by atoms with van der Waals surface area (Å²) in [4.78, 5) is 12.8. The van der Waals surface area contributed by atoms with Crippen LogP contribution in [0.2, 0.25) is 0 Å². The molecule has 0 aliphatic heterocycles. The van der Waals surface area contributed by atoms with Gasteiger partial charge in [0.05, 0.1) is 12.9 Å². The van der Waals surface area contributed by atoms with Gasteiger partial charge >= 0.3 is 0 Å². The number of methoxy groups -OCH3 is 1. The Morgan fingerprint density at radius 3 is 2.59 bits per heavy atom. The van der Waals surface area contributed by atoms with Crippen molar-refractivity contribution in [2.45, 2.75) is 36.6 Å². The second-order valence-electron chi connectivity index (χ2n) is 5.09. The first kappa shape index (κ1) is 16.9. The summed E-state index contributed by atoms with van der Waals surface area (Å²) in [5.41, 5.74) is 5.36. The molecular weight excluding hydrogens is 318 g/mol. The molecule has 0 saturated heterocycles. The minimum Gasteiger partial charge on any atom is -0.497 e. The zero-order chi connectivity index (χ0) is 15.8. The van der Waals surface area contributed by atoms with Gasteiger partial charge in [-0.3, -0.25) is 15.6 Å². The average Bonchev–Trinajstić information content (AvgIpc) is 3.04. The molecule has 1 aliphatic carbocycles. The molecule has 1 amide bonds. The topological polar surface area (TPSA) is 62.4 Å². The third-order valence-electron chi connectivity index (χ3n) is 3.44. The fourth-order valence-corrected chi connectivity index (χ4v) is 3.19. The Balaban J connectivity index is 1.63. The average molecular weight is 339 g/mol. The van der Waals surface area contributed by atoms with Crippen molar-refractivity contribution >= 4 is 35.0 Å². The van der Waals surface area contributed by atoms with Gasteiger partial charge in [0.1, 0.15) is 5.75 Å². The summed E-state index contributed by atoms with van der Waals surface area (Å²) in [7, 11) is 1.63. The number of benzene rings is 1. The van der Waals surface area contributed by atoms with E-state index < -0.39 is 0 Å². The summed E-state index contributed by atoms with van der Waals surface area (Å²) < 4.78 is 5.09. The highest BCUT2D eigenvalue weighted by Crippen LogP contribution is 2.20. The van der Waals surface area contributed by atoms with Gasteiger partial charge in [0.15, 0.2) is 5.11 Å². The largest absolute Gasteiger partial charge is 0.497 e. The van der Waals surface area contributed by atoms with Crippen LogP contribution >= 0.6 is 24.0 Å². The van der Waals surface area contributed by atoms with Gasteiger partial charge in [-0.25, -0.2) is 0 Å². The van der Waals surface area contributed by atoms with Crippen LogP contribution in [0, 0.1) is 0 Å². The Bertz CT molecular complexity index is 502. The number of nitrogens with one attached hydrogen (secondary N) is 3. The predicted molar refractivity (Wildman–Crippen MR) is 93.0 cm³/mol. The van der Waals surface area contributed by atoms with E-state index in [0.717, 1.165) is 23.5 Å². The Morgan fingerprint density at radius 1 is 1.27 bits per heavy atom. The van der Waals surface area contributed by atoms with Gasteiger partial charge in [-0.15, -0.1) is 11.8 Å². The lowest BCUT2D eigenvalue weighted by atomic mass is 10.3. The molecule has 22 heavy (non-hydrogen) atoms. The first-order chi connectivity index (χ1) is 10.7. The van der Waals surface area contributed by atoms with Crippen LogP contribution in [0.4, 0.5) is 0 Å². The summed E-state index contributed by atoms with van der Waals surface area (Å²) in [6.07, 6.45) is 4.77. The molecule has 1 aliphatic rings. The van der Waals surface area contributed by atoms with Gasteiger partial charge < -0.3 is 10.1 Å². The fourth-order valence-electron chi connectivity index (χ4n) is 2.28. The van der Waals surface area contributed by atoms with E-state index in [2.05, 4.69) is 16.2 Å². The van der Waals surface area contributed by atoms with Gasteiger partial charge in [-0.05, 0) is 49.3 Å². The highest BCUT2D eigenvalue weighted by Gasteiger charge is 2.15. The molecule has 0 aromatic heterocycles. The number of thioether (sulfide) groups is 1. The molecule has 1 aromatic carbocycles. The fraction of sp³-hybridized carbons (Fsp3) is 0.467. The molecule has 0 bridgehead atoms. The summed E-state index contributed by atoms with van der Waals surface area (Å²) in [5, 5.41) is 3.69. The van der Waals surface area contributed by atoms with Crippen LogP contribution in [0.5, 0.6) is 5.75 Å². The third kappa shape index (κ3) is 5.73. The number of amides is 1. The van der Waals surface area contributed by atoms with E-state index in [1.54, 1.807) is 7.11 Å². The Kier molecular flexibility index (Phi) is 6.79. The summed E-state index contributed by atoms with van der Waals surface area (Å²) >= 11 is 6.62. The molecule has 5 nitrogen and oxygen atoms in total. The number of carbonyl (C=O) groups is 1. The highest BCUT2D eigenvalue weighted by molar-refractivity contribution is 8.00. The lowest BCUT2D eigenvalue weighted by Crippen LogP contribution is -2.49. The maximum Gasteiger partial charge on any atom is 0.248 e. The third-order valence-corrected chi connectivity index (χ3v) is 4.67. The van der Waals surface area contributed by atoms with E-state index in [9.17, 15) is 4.79 Å². The first-order valence-electron chi connectivity index (χ1n) is 7.29. The van der Waals surface area contributed by atoms with Crippen molar-refractivity contribution in [1.29, 1.82) is 0 Å². The number of rotatable bonds is 5. The maximum atomic E-state index is 11.8. The molecule has 0 unspecified atom stereocenters. The molecule has 0 spiro atoms. The van der Waals surface area contributed by atoms with Gasteiger partial charge in [0.25, 0.3) is 0 Å². The molecule has 0 heterocycles. The van der Waals surface area contributed by atoms with Crippen molar-refractivity contribution in [3.8, 4) is 5.75 Å². The molecule has 1 aromatic rings. The molecule has 0 radical (unpaired) electrons. The van der Waals surface area contributed by atoms with Gasteiger partial charge in [-0.2, -0.15) is 0 Å². The SMILES string of the molecule is COc1ccc(SCC(=O)NNC(=S)NC2CCCC2)cc1. The van der Waals surface area contributed by atoms with E-state index in [4.69, 9.17) is 17.0 Å². The molecule has 2 rings (SSSR count). The standard InChI is InChI=1S/C15H21N3O2S2/c1-20-12-6-8-13(9-7-12)22-10-14(19)17-18-15(21)16-11-4-2-3-5-11/h6-9,11H,2-5,10H2,1H3,(H,17,19)(H2,16,18,21). The van der Waals surface area contributed by atoms with Crippen molar-refractivity contribution in [2.24, 2.45) is 0 Å². The summed E-state index contributed by atoms with van der Waals surface area (Å²) in [6.45, 7) is 0. The quantitative estimate of drug-likeness (QED) is 0.434. The molecule has 7 heteroatoms. The first-order valence-corrected chi connectivity index (χ1v) is 8.69. The van der Waals surface area contributed by atoms with E-state index in [1.807, 2.05) is 24.3 Å². The van der Waals surface area contributed by atoms with E-state index in [-0.39, 0.29) is 5.91 Å². The minimum absolute atomic E-state index is 0.114. The lowest BCUT2D eigenvalue weighted by Gasteiger charge is -2.16. The Labute approximate surface area is 140 Å². The summed E-state index contributed by atoms with van der Waals surface area (Å²) in [5.74, 6) is 1.01. The van der Waals surface area contributed by atoms with Crippen LogP contribution in [0.3, 0.4) is 0 Å². The van der Waals surface area contributed by atoms with Gasteiger partial charge in [0, 0.05) is 10.9 Å². The van der Waals surface area contributed by atoms with Crippen LogP contribution in [0.25, 0.3) is 0 Å². The van der Waals surface area contributed by atoms with Crippen molar-refractivity contribution in [3.05, 3.63) is 24.3 Å². The Morgan fingerprint density at radius 2 is 1.95 bits per heavy atom. The number of carbonyl (C=O) groups excluding carboxylic acids is 1. The second-order valence-corrected chi connectivity index (χ2v) is 6.55.